The first-order chi connectivity index (χ1) is 4.45. The van der Waals surface area contributed by atoms with Crippen molar-refractivity contribution in [3.63, 3.8) is 0 Å². The molecule has 0 aromatic carbocycles. The number of hydrogen-bond acceptors (Lipinski definition) is 2. The van der Waals surface area contributed by atoms with Crippen molar-refractivity contribution in [3.8, 4) is 0 Å². The van der Waals surface area contributed by atoms with E-state index in [1.54, 1.807) is 13.8 Å². The second-order valence-electron chi connectivity index (χ2n) is 3.00. The molecule has 0 aliphatic carbocycles. The van der Waals surface area contributed by atoms with E-state index in [9.17, 15) is 9.90 Å². The van der Waals surface area contributed by atoms with Gasteiger partial charge in [0.15, 0.2) is 0 Å². The molecule has 0 spiro atoms. The topological polar surface area (TPSA) is 37.3 Å². The zero-order valence-corrected chi connectivity index (χ0v) is 7.14. The van der Waals surface area contributed by atoms with Gasteiger partial charge in [-0.1, -0.05) is 13.8 Å². The monoisotopic (exact) mass is 144 g/mol. The molecule has 0 saturated carbocycles. The van der Waals surface area contributed by atoms with Crippen molar-refractivity contribution in [1.29, 1.82) is 0 Å². The largest absolute Gasteiger partial charge is 0.392 e. The summed E-state index contributed by atoms with van der Waals surface area (Å²) < 4.78 is 0. The van der Waals surface area contributed by atoms with Crippen LogP contribution in [0.15, 0.2) is 0 Å². The van der Waals surface area contributed by atoms with Crippen molar-refractivity contribution in [2.24, 2.45) is 5.41 Å². The fraction of sp³-hybridized carbons (Fsp3) is 0.875. The maximum absolute atomic E-state index is 11.0. The molecule has 0 heterocycles. The molecule has 2 heteroatoms. The summed E-state index contributed by atoms with van der Waals surface area (Å²) in [5, 5.41) is 9.22. The number of hydrogen-bond donors (Lipinski definition) is 1. The molecule has 0 fully saturated rings. The lowest BCUT2D eigenvalue weighted by Crippen LogP contribution is -2.35. The van der Waals surface area contributed by atoms with Crippen molar-refractivity contribution in [2.75, 3.05) is 0 Å². The summed E-state index contributed by atoms with van der Waals surface area (Å²) >= 11 is 0. The Hall–Kier alpha value is -0.370. The summed E-state index contributed by atoms with van der Waals surface area (Å²) in [6.07, 6.45) is 0.148. The number of carbonyl (C=O) groups is 1. The van der Waals surface area contributed by atoms with Crippen LogP contribution in [-0.2, 0) is 4.79 Å². The minimum atomic E-state index is -0.546. The highest BCUT2D eigenvalue weighted by Gasteiger charge is 2.32. The lowest BCUT2D eigenvalue weighted by molar-refractivity contribution is -0.131. The molecule has 0 bridgehead atoms. The third-order valence-corrected chi connectivity index (χ3v) is 2.46. The van der Waals surface area contributed by atoms with Crippen LogP contribution in [0.4, 0.5) is 0 Å². The molecule has 0 amide bonds. The summed E-state index contributed by atoms with van der Waals surface area (Å²) in [5.74, 6) is 0.0602. The molecule has 0 saturated heterocycles. The summed E-state index contributed by atoms with van der Waals surface area (Å²) in [4.78, 5) is 11.0. The standard InChI is InChI=1S/C8H16O2/c1-5-8(4,6(2)9)7(3)10/h6,9H,5H2,1-4H3/t6-,8+/m0/s1. The van der Waals surface area contributed by atoms with E-state index in [4.69, 9.17) is 0 Å². The smallest absolute Gasteiger partial charge is 0.138 e. The molecular formula is C8H16O2. The van der Waals surface area contributed by atoms with Gasteiger partial charge >= 0.3 is 0 Å². The highest BCUT2D eigenvalue weighted by atomic mass is 16.3. The summed E-state index contributed by atoms with van der Waals surface area (Å²) in [6, 6.07) is 0. The summed E-state index contributed by atoms with van der Waals surface area (Å²) in [7, 11) is 0. The Bertz CT molecular complexity index is 129. The Kier molecular flexibility index (Phi) is 3.03. The molecule has 2 nitrogen and oxygen atoms in total. The van der Waals surface area contributed by atoms with Gasteiger partial charge < -0.3 is 5.11 Å². The fourth-order valence-electron chi connectivity index (χ4n) is 0.839. The third kappa shape index (κ3) is 1.57. The van der Waals surface area contributed by atoms with Crippen LogP contribution in [0.1, 0.15) is 34.1 Å². The van der Waals surface area contributed by atoms with E-state index in [-0.39, 0.29) is 5.78 Å². The number of Topliss-reactive ketones (excluding diaryl/α,β-unsaturated/α-hetero) is 1. The molecule has 60 valence electrons. The number of ketones is 1. The molecule has 0 aromatic rings. The normalized spacial score (nSPS) is 19.7. The van der Waals surface area contributed by atoms with Gasteiger partial charge in [0.05, 0.1) is 11.5 Å². The van der Waals surface area contributed by atoms with E-state index in [2.05, 4.69) is 0 Å². The van der Waals surface area contributed by atoms with Gasteiger partial charge in [0.2, 0.25) is 0 Å². The Morgan fingerprint density at radius 3 is 2.10 bits per heavy atom. The van der Waals surface area contributed by atoms with Crippen LogP contribution >= 0.6 is 0 Å². The van der Waals surface area contributed by atoms with Gasteiger partial charge in [-0.3, -0.25) is 4.79 Å². The van der Waals surface area contributed by atoms with Gasteiger partial charge in [0.1, 0.15) is 5.78 Å². The molecule has 0 aliphatic heterocycles. The fourth-order valence-corrected chi connectivity index (χ4v) is 0.839. The van der Waals surface area contributed by atoms with E-state index < -0.39 is 11.5 Å². The molecule has 0 aliphatic rings. The number of aliphatic hydroxyl groups is 1. The SMILES string of the molecule is CC[C@@](C)(C(C)=O)[C@H](C)O. The van der Waals surface area contributed by atoms with Crippen molar-refractivity contribution in [1.82, 2.24) is 0 Å². The van der Waals surface area contributed by atoms with Crippen molar-refractivity contribution >= 4 is 5.78 Å². The molecule has 10 heavy (non-hydrogen) atoms. The van der Waals surface area contributed by atoms with E-state index >= 15 is 0 Å². The molecule has 0 rings (SSSR count). The third-order valence-electron chi connectivity index (χ3n) is 2.46. The van der Waals surface area contributed by atoms with Crippen LogP contribution in [-0.4, -0.2) is 17.0 Å². The quantitative estimate of drug-likeness (QED) is 0.649. The molecule has 0 radical (unpaired) electrons. The highest BCUT2D eigenvalue weighted by molar-refractivity contribution is 5.82. The maximum Gasteiger partial charge on any atom is 0.138 e. The molecule has 0 unspecified atom stereocenters. The van der Waals surface area contributed by atoms with Crippen molar-refractivity contribution in [2.45, 2.75) is 40.2 Å². The average Bonchev–Trinajstić information content (AvgIpc) is 1.85. The summed E-state index contributed by atoms with van der Waals surface area (Å²) in [6.45, 7) is 6.88. The van der Waals surface area contributed by atoms with E-state index in [0.717, 1.165) is 0 Å². The second-order valence-corrected chi connectivity index (χ2v) is 3.00. The zero-order chi connectivity index (χ0) is 8.36. The number of rotatable bonds is 3. The maximum atomic E-state index is 11.0. The predicted octanol–water partition coefficient (Wildman–Crippen LogP) is 1.37. The summed E-state index contributed by atoms with van der Waals surface area (Å²) in [5.41, 5.74) is -0.542. The van der Waals surface area contributed by atoms with E-state index in [1.807, 2.05) is 6.92 Å². The Labute approximate surface area is 62.2 Å². The van der Waals surface area contributed by atoms with Crippen LogP contribution < -0.4 is 0 Å². The zero-order valence-electron chi connectivity index (χ0n) is 7.14. The molecule has 1 N–H and O–H groups in total. The molecule has 2 atom stereocenters. The second kappa shape index (κ2) is 3.15. The van der Waals surface area contributed by atoms with Crippen molar-refractivity contribution in [3.05, 3.63) is 0 Å². The Morgan fingerprint density at radius 2 is 2.10 bits per heavy atom. The Balaban J connectivity index is 4.38. The number of aliphatic hydroxyl groups excluding tert-OH is 1. The van der Waals surface area contributed by atoms with Gasteiger partial charge in [0.25, 0.3) is 0 Å². The minimum Gasteiger partial charge on any atom is -0.392 e. The van der Waals surface area contributed by atoms with Crippen LogP contribution in [0.3, 0.4) is 0 Å². The van der Waals surface area contributed by atoms with Gasteiger partial charge in [-0.2, -0.15) is 0 Å². The van der Waals surface area contributed by atoms with E-state index in [1.165, 1.54) is 6.92 Å². The minimum absolute atomic E-state index is 0.0602. The first-order valence-corrected chi connectivity index (χ1v) is 3.64. The predicted molar refractivity (Wildman–Crippen MR) is 40.8 cm³/mol. The van der Waals surface area contributed by atoms with Crippen LogP contribution in [0.2, 0.25) is 0 Å². The lowest BCUT2D eigenvalue weighted by atomic mass is 9.79. The van der Waals surface area contributed by atoms with Gasteiger partial charge in [-0.15, -0.1) is 0 Å². The van der Waals surface area contributed by atoms with Gasteiger partial charge in [-0.25, -0.2) is 0 Å². The van der Waals surface area contributed by atoms with Crippen LogP contribution in [0.25, 0.3) is 0 Å². The van der Waals surface area contributed by atoms with E-state index in [0.29, 0.717) is 6.42 Å². The molecular weight excluding hydrogens is 128 g/mol. The first-order valence-electron chi connectivity index (χ1n) is 3.64. The van der Waals surface area contributed by atoms with Crippen molar-refractivity contribution < 1.29 is 9.90 Å². The lowest BCUT2D eigenvalue weighted by Gasteiger charge is -2.27. The van der Waals surface area contributed by atoms with Crippen LogP contribution in [0, 0.1) is 5.41 Å². The average molecular weight is 144 g/mol. The number of carbonyl (C=O) groups excluding carboxylic acids is 1. The molecule has 0 aromatic heterocycles. The Morgan fingerprint density at radius 1 is 1.70 bits per heavy atom. The highest BCUT2D eigenvalue weighted by Crippen LogP contribution is 2.26. The van der Waals surface area contributed by atoms with Crippen LogP contribution in [0.5, 0.6) is 0 Å². The van der Waals surface area contributed by atoms with Gasteiger partial charge in [0, 0.05) is 0 Å². The van der Waals surface area contributed by atoms with Gasteiger partial charge in [-0.05, 0) is 20.3 Å². The first kappa shape index (κ1) is 9.63.